The molecule has 0 unspecified atom stereocenters. The van der Waals surface area contributed by atoms with E-state index < -0.39 is 17.6 Å². The van der Waals surface area contributed by atoms with Crippen LogP contribution in [-0.4, -0.2) is 20.4 Å². The molecule has 0 atom stereocenters. The zero-order valence-electron chi connectivity index (χ0n) is 13.1. The number of fused-ring (bicyclic) bond motifs is 1. The molecule has 1 aromatic carbocycles. The van der Waals surface area contributed by atoms with Crippen LogP contribution in [-0.2, 0) is 11.0 Å². The van der Waals surface area contributed by atoms with Crippen LogP contribution < -0.4 is 5.32 Å². The number of amides is 1. The summed E-state index contributed by atoms with van der Waals surface area (Å²) >= 11 is 0. The van der Waals surface area contributed by atoms with Gasteiger partial charge in [-0.2, -0.15) is 13.2 Å². The minimum absolute atomic E-state index is 0.269. The van der Waals surface area contributed by atoms with E-state index in [0.29, 0.717) is 16.9 Å². The molecule has 128 valence electrons. The summed E-state index contributed by atoms with van der Waals surface area (Å²) in [5, 5.41) is 2.52. The quantitative estimate of drug-likeness (QED) is 0.733. The highest BCUT2D eigenvalue weighted by Gasteiger charge is 2.30. The highest BCUT2D eigenvalue weighted by Crippen LogP contribution is 2.30. The second-order valence-corrected chi connectivity index (χ2v) is 5.35. The lowest BCUT2D eigenvalue weighted by Gasteiger charge is -2.09. The van der Waals surface area contributed by atoms with Crippen molar-refractivity contribution in [2.24, 2.45) is 0 Å². The minimum atomic E-state index is -4.38. The van der Waals surface area contributed by atoms with Gasteiger partial charge in [-0.3, -0.25) is 9.36 Å². The van der Waals surface area contributed by atoms with E-state index in [2.05, 4.69) is 21.9 Å². The van der Waals surface area contributed by atoms with Crippen molar-refractivity contribution in [2.75, 3.05) is 5.32 Å². The Balaban J connectivity index is 2.03. The van der Waals surface area contributed by atoms with Crippen molar-refractivity contribution in [3.63, 3.8) is 0 Å². The fraction of sp³-hybridized carbons (Fsp3) is 0.118. The number of carbonyl (C=O) groups excluding carboxylic acids is 1. The number of hydrogen-bond acceptors (Lipinski definition) is 3. The third-order valence-corrected chi connectivity index (χ3v) is 3.59. The smallest absolute Gasteiger partial charge is 0.306 e. The molecule has 1 amide bonds. The van der Waals surface area contributed by atoms with Gasteiger partial charge in [-0.15, -0.1) is 0 Å². The maximum atomic E-state index is 12.7. The Morgan fingerprint density at radius 2 is 1.96 bits per heavy atom. The summed E-state index contributed by atoms with van der Waals surface area (Å²) in [4.78, 5) is 19.9. The second kappa shape index (κ2) is 6.04. The summed E-state index contributed by atoms with van der Waals surface area (Å²) in [5.74, 6) is -0.140. The molecule has 25 heavy (non-hydrogen) atoms. The highest BCUT2D eigenvalue weighted by molar-refractivity contribution is 5.98. The molecule has 0 radical (unpaired) electrons. The Morgan fingerprint density at radius 1 is 1.28 bits per heavy atom. The van der Waals surface area contributed by atoms with E-state index in [1.807, 2.05) is 0 Å². The molecule has 0 aliphatic heterocycles. The SMILES string of the molecule is C=CC(=O)Nc1cnc2c(n1)c(C)cn2-c1ccc(C(F)(F)F)cc1. The standard InChI is InChI=1S/C17H13F3N4O/c1-3-14(25)22-13-8-21-16-15(23-13)10(2)9-24(16)12-6-4-11(5-7-12)17(18,19)20/h3-9H,1H2,2H3,(H,22,23,25). The van der Waals surface area contributed by atoms with Gasteiger partial charge in [0.25, 0.3) is 0 Å². The van der Waals surface area contributed by atoms with Gasteiger partial charge in [0.15, 0.2) is 11.5 Å². The first-order valence-corrected chi connectivity index (χ1v) is 7.25. The molecule has 0 aliphatic carbocycles. The van der Waals surface area contributed by atoms with E-state index in [-0.39, 0.29) is 5.82 Å². The third-order valence-electron chi connectivity index (χ3n) is 3.59. The number of carbonyl (C=O) groups is 1. The molecule has 0 saturated heterocycles. The van der Waals surface area contributed by atoms with Gasteiger partial charge < -0.3 is 5.32 Å². The molecular weight excluding hydrogens is 333 g/mol. The van der Waals surface area contributed by atoms with Crippen molar-refractivity contribution in [1.29, 1.82) is 0 Å². The van der Waals surface area contributed by atoms with Crippen LogP contribution in [0.4, 0.5) is 19.0 Å². The molecule has 1 N–H and O–H groups in total. The van der Waals surface area contributed by atoms with Gasteiger partial charge >= 0.3 is 6.18 Å². The number of benzene rings is 1. The van der Waals surface area contributed by atoms with E-state index in [0.717, 1.165) is 23.8 Å². The normalized spacial score (nSPS) is 11.5. The Kier molecular flexibility index (Phi) is 4.03. The van der Waals surface area contributed by atoms with Crippen molar-refractivity contribution < 1.29 is 18.0 Å². The first-order chi connectivity index (χ1) is 11.8. The number of halogens is 3. The van der Waals surface area contributed by atoms with Crippen LogP contribution in [0.2, 0.25) is 0 Å². The molecule has 0 saturated carbocycles. The molecular formula is C17H13F3N4O. The van der Waals surface area contributed by atoms with Crippen molar-refractivity contribution in [3.8, 4) is 5.69 Å². The first-order valence-electron chi connectivity index (χ1n) is 7.25. The predicted octanol–water partition coefficient (Wildman–Crippen LogP) is 3.87. The van der Waals surface area contributed by atoms with Crippen LogP contribution in [0.25, 0.3) is 16.9 Å². The van der Waals surface area contributed by atoms with Gasteiger partial charge in [0, 0.05) is 11.9 Å². The third kappa shape index (κ3) is 3.23. The Hall–Kier alpha value is -3.16. The Labute approximate surface area is 140 Å². The van der Waals surface area contributed by atoms with Crippen LogP contribution in [0, 0.1) is 6.92 Å². The molecule has 8 heteroatoms. The van der Waals surface area contributed by atoms with Crippen molar-refractivity contribution in [3.05, 3.63) is 60.4 Å². The number of nitrogens with one attached hydrogen (secondary N) is 1. The van der Waals surface area contributed by atoms with Gasteiger partial charge in [0.1, 0.15) is 5.52 Å². The molecule has 0 spiro atoms. The molecule has 2 aromatic heterocycles. The zero-order valence-corrected chi connectivity index (χ0v) is 13.1. The van der Waals surface area contributed by atoms with E-state index in [1.54, 1.807) is 17.7 Å². The first kappa shape index (κ1) is 16.7. The predicted molar refractivity (Wildman–Crippen MR) is 87.4 cm³/mol. The molecule has 0 fully saturated rings. The molecule has 5 nitrogen and oxygen atoms in total. The Morgan fingerprint density at radius 3 is 2.56 bits per heavy atom. The summed E-state index contributed by atoms with van der Waals surface area (Å²) < 4.78 is 39.7. The van der Waals surface area contributed by atoms with Crippen molar-refractivity contribution in [1.82, 2.24) is 14.5 Å². The van der Waals surface area contributed by atoms with Crippen LogP contribution >= 0.6 is 0 Å². The fourth-order valence-corrected chi connectivity index (χ4v) is 2.38. The topological polar surface area (TPSA) is 59.8 Å². The van der Waals surface area contributed by atoms with E-state index in [1.165, 1.54) is 18.3 Å². The number of anilines is 1. The Bertz CT molecular complexity index is 958. The van der Waals surface area contributed by atoms with Crippen molar-refractivity contribution in [2.45, 2.75) is 13.1 Å². The van der Waals surface area contributed by atoms with Crippen LogP contribution in [0.1, 0.15) is 11.1 Å². The van der Waals surface area contributed by atoms with Crippen LogP contribution in [0.5, 0.6) is 0 Å². The highest BCUT2D eigenvalue weighted by atomic mass is 19.4. The van der Waals surface area contributed by atoms with Gasteiger partial charge in [-0.25, -0.2) is 9.97 Å². The summed E-state index contributed by atoms with van der Waals surface area (Å²) in [7, 11) is 0. The molecule has 0 bridgehead atoms. The van der Waals surface area contributed by atoms with Crippen molar-refractivity contribution >= 4 is 22.9 Å². The summed E-state index contributed by atoms with van der Waals surface area (Å²) in [6.07, 6.45) is -0.159. The number of alkyl halides is 3. The van der Waals surface area contributed by atoms with Crippen LogP contribution in [0.15, 0.2) is 49.3 Å². The summed E-state index contributed by atoms with van der Waals surface area (Å²) in [5.41, 5.74) is 1.61. The van der Waals surface area contributed by atoms with E-state index >= 15 is 0 Å². The lowest BCUT2D eigenvalue weighted by Crippen LogP contribution is -2.09. The minimum Gasteiger partial charge on any atom is -0.306 e. The van der Waals surface area contributed by atoms with Gasteiger partial charge in [0.05, 0.1) is 11.8 Å². The summed E-state index contributed by atoms with van der Waals surface area (Å²) in [6.45, 7) is 5.16. The van der Waals surface area contributed by atoms with Gasteiger partial charge in [-0.1, -0.05) is 6.58 Å². The molecule has 3 aromatic rings. The second-order valence-electron chi connectivity index (χ2n) is 5.35. The number of aromatic nitrogens is 3. The monoisotopic (exact) mass is 346 g/mol. The largest absolute Gasteiger partial charge is 0.416 e. The fourth-order valence-electron chi connectivity index (χ4n) is 2.38. The lowest BCUT2D eigenvalue weighted by molar-refractivity contribution is -0.137. The van der Waals surface area contributed by atoms with Gasteiger partial charge in [0.2, 0.25) is 5.91 Å². The summed E-state index contributed by atoms with van der Waals surface area (Å²) in [6, 6.07) is 4.78. The average Bonchev–Trinajstić information content (AvgIpc) is 2.90. The number of hydrogen-bond donors (Lipinski definition) is 1. The lowest BCUT2D eigenvalue weighted by atomic mass is 10.2. The maximum absolute atomic E-state index is 12.7. The van der Waals surface area contributed by atoms with Crippen LogP contribution in [0.3, 0.4) is 0 Å². The van der Waals surface area contributed by atoms with E-state index in [4.69, 9.17) is 0 Å². The maximum Gasteiger partial charge on any atom is 0.416 e. The molecule has 0 aliphatic rings. The van der Waals surface area contributed by atoms with Gasteiger partial charge in [-0.05, 0) is 42.8 Å². The molecule has 2 heterocycles. The number of nitrogens with zero attached hydrogens (tertiary/aromatic N) is 3. The van der Waals surface area contributed by atoms with E-state index in [9.17, 15) is 18.0 Å². The number of rotatable bonds is 3. The zero-order chi connectivity index (χ0) is 18.2. The number of aryl methyl sites for hydroxylation is 1. The average molecular weight is 346 g/mol. The molecule has 3 rings (SSSR count).